The Hall–Kier alpha value is -0.0800. The summed E-state index contributed by atoms with van der Waals surface area (Å²) in [6, 6.07) is 0. The number of hydrogen-bond donors (Lipinski definition) is 0. The van der Waals surface area contributed by atoms with Gasteiger partial charge in [0.15, 0.2) is 6.29 Å². The molecular weight excluding hydrogens is 272 g/mol. The molecule has 0 N–H and O–H groups in total. The highest BCUT2D eigenvalue weighted by Gasteiger charge is 2.09. The van der Waals surface area contributed by atoms with E-state index in [1.165, 1.54) is 83.5 Å². The molecule has 0 aliphatic carbocycles. The molecule has 0 rings (SSSR count). The fourth-order valence-electron chi connectivity index (χ4n) is 2.62. The second-order valence-corrected chi connectivity index (χ2v) is 6.50. The van der Waals surface area contributed by atoms with Gasteiger partial charge in [-0.2, -0.15) is 0 Å². The zero-order chi connectivity index (χ0) is 16.3. The Bertz CT molecular complexity index is 161. The van der Waals surface area contributed by atoms with Crippen molar-refractivity contribution in [1.82, 2.24) is 0 Å². The van der Waals surface area contributed by atoms with Crippen LogP contribution < -0.4 is 0 Å². The van der Waals surface area contributed by atoms with E-state index < -0.39 is 0 Å². The lowest BCUT2D eigenvalue weighted by atomic mass is 10.1. The van der Waals surface area contributed by atoms with Gasteiger partial charge in [0.1, 0.15) is 0 Å². The van der Waals surface area contributed by atoms with Crippen molar-refractivity contribution < 1.29 is 9.47 Å². The van der Waals surface area contributed by atoms with Crippen molar-refractivity contribution in [3.63, 3.8) is 0 Å². The quantitative estimate of drug-likeness (QED) is 0.203. The molecule has 0 aliphatic heterocycles. The summed E-state index contributed by atoms with van der Waals surface area (Å²) in [6.45, 7) is 8.50. The molecule has 0 aromatic carbocycles. The van der Waals surface area contributed by atoms with Crippen LogP contribution in [0.5, 0.6) is 0 Å². The third-order valence-electron chi connectivity index (χ3n) is 4.15. The number of rotatable bonds is 18. The highest BCUT2D eigenvalue weighted by atomic mass is 16.7. The van der Waals surface area contributed by atoms with Crippen molar-refractivity contribution in [2.75, 3.05) is 13.2 Å². The largest absolute Gasteiger partial charge is 0.353 e. The van der Waals surface area contributed by atoms with Gasteiger partial charge in [0.25, 0.3) is 0 Å². The second-order valence-electron chi connectivity index (χ2n) is 6.50. The normalized spacial score (nSPS) is 11.5. The summed E-state index contributed by atoms with van der Waals surface area (Å²) in [5, 5.41) is 0. The van der Waals surface area contributed by atoms with Gasteiger partial charge in [0, 0.05) is 13.2 Å². The Kier molecular flexibility index (Phi) is 18.9. The Morgan fingerprint density at radius 1 is 0.500 bits per heavy atom. The first-order chi connectivity index (χ1) is 10.8. The Morgan fingerprint density at radius 3 is 1.36 bits per heavy atom. The number of hydrogen-bond acceptors (Lipinski definition) is 2. The van der Waals surface area contributed by atoms with E-state index in [9.17, 15) is 0 Å². The highest BCUT2D eigenvalue weighted by Crippen LogP contribution is 2.12. The fraction of sp³-hybridized carbons (Fsp3) is 1.00. The molecule has 0 heterocycles. The molecule has 0 aliphatic rings. The van der Waals surface area contributed by atoms with Crippen LogP contribution in [0.25, 0.3) is 0 Å². The van der Waals surface area contributed by atoms with E-state index in [1.54, 1.807) is 0 Å². The molecule has 0 aromatic heterocycles. The SMILES string of the molecule is CCCCCCCC(OCCCCCC)OCCCCCC. The molecule has 22 heavy (non-hydrogen) atoms. The van der Waals surface area contributed by atoms with Crippen LogP contribution in [0, 0.1) is 0 Å². The van der Waals surface area contributed by atoms with Gasteiger partial charge in [-0.15, -0.1) is 0 Å². The third kappa shape index (κ3) is 16.3. The van der Waals surface area contributed by atoms with Crippen molar-refractivity contribution in [3.8, 4) is 0 Å². The first kappa shape index (κ1) is 21.9. The van der Waals surface area contributed by atoms with E-state index in [1.807, 2.05) is 0 Å². The third-order valence-corrected chi connectivity index (χ3v) is 4.15. The first-order valence-electron chi connectivity index (χ1n) is 10.1. The summed E-state index contributed by atoms with van der Waals surface area (Å²) in [7, 11) is 0. The van der Waals surface area contributed by atoms with Crippen molar-refractivity contribution >= 4 is 0 Å². The van der Waals surface area contributed by atoms with Crippen molar-refractivity contribution in [2.45, 2.75) is 117 Å². The average molecular weight is 315 g/mol. The van der Waals surface area contributed by atoms with E-state index >= 15 is 0 Å². The standard InChI is InChI=1S/C20H42O2/c1-4-7-10-13-14-17-20(21-18-15-11-8-5-2)22-19-16-12-9-6-3/h20H,4-19H2,1-3H3. The molecule has 0 aromatic rings. The lowest BCUT2D eigenvalue weighted by molar-refractivity contribution is -0.148. The summed E-state index contributed by atoms with van der Waals surface area (Å²) in [6.07, 6.45) is 17.9. The molecule has 0 unspecified atom stereocenters. The molecule has 2 nitrogen and oxygen atoms in total. The van der Waals surface area contributed by atoms with Crippen LogP contribution in [0.1, 0.15) is 111 Å². The summed E-state index contributed by atoms with van der Waals surface area (Å²) >= 11 is 0. The van der Waals surface area contributed by atoms with Gasteiger partial charge in [0.05, 0.1) is 0 Å². The molecule has 2 heteroatoms. The van der Waals surface area contributed by atoms with Crippen molar-refractivity contribution in [3.05, 3.63) is 0 Å². The van der Waals surface area contributed by atoms with Crippen molar-refractivity contribution in [2.24, 2.45) is 0 Å². The molecule has 0 saturated carbocycles. The van der Waals surface area contributed by atoms with Crippen LogP contribution in [0.15, 0.2) is 0 Å². The van der Waals surface area contributed by atoms with Crippen LogP contribution in [0.4, 0.5) is 0 Å². The lowest BCUT2D eigenvalue weighted by Crippen LogP contribution is -2.19. The van der Waals surface area contributed by atoms with Crippen LogP contribution in [-0.2, 0) is 9.47 Å². The summed E-state index contributed by atoms with van der Waals surface area (Å²) < 4.78 is 12.0. The van der Waals surface area contributed by atoms with Crippen LogP contribution in [0.3, 0.4) is 0 Å². The van der Waals surface area contributed by atoms with Gasteiger partial charge < -0.3 is 9.47 Å². The van der Waals surface area contributed by atoms with Gasteiger partial charge in [0.2, 0.25) is 0 Å². The Morgan fingerprint density at radius 2 is 0.909 bits per heavy atom. The predicted molar refractivity (Wildman–Crippen MR) is 97.4 cm³/mol. The minimum Gasteiger partial charge on any atom is -0.353 e. The van der Waals surface area contributed by atoms with Crippen LogP contribution in [-0.4, -0.2) is 19.5 Å². The molecule has 134 valence electrons. The molecule has 0 radical (unpaired) electrons. The van der Waals surface area contributed by atoms with Gasteiger partial charge in [-0.1, -0.05) is 85.0 Å². The molecule has 0 atom stereocenters. The summed E-state index contributed by atoms with van der Waals surface area (Å²) in [5.41, 5.74) is 0. The maximum absolute atomic E-state index is 5.98. The van der Waals surface area contributed by atoms with Gasteiger partial charge in [-0.25, -0.2) is 0 Å². The lowest BCUT2D eigenvalue weighted by Gasteiger charge is -2.19. The summed E-state index contributed by atoms with van der Waals surface area (Å²) in [4.78, 5) is 0. The first-order valence-corrected chi connectivity index (χ1v) is 10.1. The molecule has 0 saturated heterocycles. The molecular formula is C20H42O2. The highest BCUT2D eigenvalue weighted by molar-refractivity contribution is 4.51. The number of unbranched alkanes of at least 4 members (excludes halogenated alkanes) is 10. The molecule has 0 spiro atoms. The smallest absolute Gasteiger partial charge is 0.157 e. The van der Waals surface area contributed by atoms with Gasteiger partial charge >= 0.3 is 0 Å². The predicted octanol–water partition coefficient (Wildman–Crippen LogP) is 6.87. The minimum atomic E-state index is 0.0462. The van der Waals surface area contributed by atoms with E-state index in [0.717, 1.165) is 19.6 Å². The van der Waals surface area contributed by atoms with E-state index in [-0.39, 0.29) is 6.29 Å². The van der Waals surface area contributed by atoms with E-state index in [4.69, 9.17) is 9.47 Å². The van der Waals surface area contributed by atoms with E-state index in [2.05, 4.69) is 20.8 Å². The zero-order valence-corrected chi connectivity index (χ0v) is 15.7. The van der Waals surface area contributed by atoms with Crippen LogP contribution >= 0.6 is 0 Å². The minimum absolute atomic E-state index is 0.0462. The molecule has 0 amide bonds. The maximum Gasteiger partial charge on any atom is 0.157 e. The van der Waals surface area contributed by atoms with Crippen molar-refractivity contribution in [1.29, 1.82) is 0 Å². The van der Waals surface area contributed by atoms with Gasteiger partial charge in [-0.3, -0.25) is 0 Å². The maximum atomic E-state index is 5.98. The molecule has 0 fully saturated rings. The average Bonchev–Trinajstić information content (AvgIpc) is 2.53. The number of ether oxygens (including phenoxy) is 2. The van der Waals surface area contributed by atoms with Crippen LogP contribution in [0.2, 0.25) is 0 Å². The molecule has 0 bridgehead atoms. The summed E-state index contributed by atoms with van der Waals surface area (Å²) in [5.74, 6) is 0. The second kappa shape index (κ2) is 19.0. The zero-order valence-electron chi connectivity index (χ0n) is 15.7. The Balaban J connectivity index is 3.72. The fourth-order valence-corrected chi connectivity index (χ4v) is 2.62. The topological polar surface area (TPSA) is 18.5 Å². The van der Waals surface area contributed by atoms with E-state index in [0.29, 0.717) is 0 Å². The monoisotopic (exact) mass is 314 g/mol. The Labute approximate surface area is 140 Å². The van der Waals surface area contributed by atoms with Gasteiger partial charge in [-0.05, 0) is 25.7 Å².